The Bertz CT molecular complexity index is 626. The maximum atomic E-state index is 12.1. The van der Waals surface area contributed by atoms with E-state index in [1.165, 1.54) is 0 Å². The molecule has 0 spiro atoms. The highest BCUT2D eigenvalue weighted by molar-refractivity contribution is 5.95. The van der Waals surface area contributed by atoms with Crippen LogP contribution in [0.25, 0.3) is 0 Å². The van der Waals surface area contributed by atoms with Crippen molar-refractivity contribution in [2.75, 3.05) is 12.8 Å². The zero-order chi connectivity index (χ0) is 14.5. The number of ether oxygens (including phenoxy) is 1. The number of anilines is 1. The maximum absolute atomic E-state index is 12.1. The lowest BCUT2D eigenvalue weighted by molar-refractivity contribution is 0.0950. The first-order valence-corrected chi connectivity index (χ1v) is 6.23. The van der Waals surface area contributed by atoms with E-state index in [-0.39, 0.29) is 5.91 Å². The van der Waals surface area contributed by atoms with Gasteiger partial charge < -0.3 is 15.8 Å². The summed E-state index contributed by atoms with van der Waals surface area (Å²) in [6, 6.07) is 8.85. The number of carbonyl (C=O) groups is 1. The summed E-state index contributed by atoms with van der Waals surface area (Å²) in [5.74, 6) is 0.402. The molecule has 0 aliphatic heterocycles. The number of nitrogens with one attached hydrogen (secondary N) is 1. The summed E-state index contributed by atoms with van der Waals surface area (Å²) in [4.78, 5) is 16.1. The van der Waals surface area contributed by atoms with Crippen LogP contribution in [0.4, 0.5) is 5.69 Å². The summed E-state index contributed by atoms with van der Waals surface area (Å²) in [6.07, 6.45) is 1.65. The van der Waals surface area contributed by atoms with Crippen molar-refractivity contribution in [2.24, 2.45) is 0 Å². The number of benzene rings is 1. The van der Waals surface area contributed by atoms with Crippen molar-refractivity contribution in [3.05, 3.63) is 53.2 Å². The molecule has 1 heterocycles. The van der Waals surface area contributed by atoms with Crippen LogP contribution in [-0.4, -0.2) is 18.0 Å². The van der Waals surface area contributed by atoms with E-state index in [0.717, 1.165) is 11.1 Å². The Morgan fingerprint density at radius 1 is 1.35 bits per heavy atom. The quantitative estimate of drug-likeness (QED) is 0.833. The first-order valence-electron chi connectivity index (χ1n) is 6.23. The number of amides is 1. The fraction of sp³-hybridized carbons (Fsp3) is 0.200. The number of nitrogens with zero attached hydrogens (tertiary/aromatic N) is 1. The molecule has 20 heavy (non-hydrogen) atoms. The van der Waals surface area contributed by atoms with Crippen molar-refractivity contribution in [3.63, 3.8) is 0 Å². The second-order valence-corrected chi connectivity index (χ2v) is 4.46. The first kappa shape index (κ1) is 13.9. The van der Waals surface area contributed by atoms with Gasteiger partial charge in [0.1, 0.15) is 0 Å². The molecule has 5 heteroatoms. The summed E-state index contributed by atoms with van der Waals surface area (Å²) in [7, 11) is 1.56. The highest BCUT2D eigenvalue weighted by Gasteiger charge is 2.08. The van der Waals surface area contributed by atoms with Crippen molar-refractivity contribution < 1.29 is 9.53 Å². The number of aryl methyl sites for hydroxylation is 1. The van der Waals surface area contributed by atoms with Crippen LogP contribution in [0.2, 0.25) is 0 Å². The molecule has 5 nitrogen and oxygen atoms in total. The number of methoxy groups -OCH3 is 1. The molecule has 0 bridgehead atoms. The lowest BCUT2D eigenvalue weighted by Crippen LogP contribution is -2.23. The van der Waals surface area contributed by atoms with E-state index < -0.39 is 0 Å². The van der Waals surface area contributed by atoms with Crippen LogP contribution in [0.3, 0.4) is 0 Å². The van der Waals surface area contributed by atoms with Crippen molar-refractivity contribution in [1.29, 1.82) is 0 Å². The number of nitrogens with two attached hydrogens (primary N) is 1. The predicted molar refractivity (Wildman–Crippen MR) is 77.6 cm³/mol. The zero-order valence-corrected chi connectivity index (χ0v) is 11.5. The van der Waals surface area contributed by atoms with E-state index in [9.17, 15) is 4.79 Å². The van der Waals surface area contributed by atoms with E-state index in [4.69, 9.17) is 10.5 Å². The van der Waals surface area contributed by atoms with Gasteiger partial charge in [0.25, 0.3) is 5.91 Å². The molecule has 0 fully saturated rings. The summed E-state index contributed by atoms with van der Waals surface area (Å²) in [5.41, 5.74) is 8.73. The normalized spacial score (nSPS) is 10.1. The monoisotopic (exact) mass is 271 g/mol. The highest BCUT2D eigenvalue weighted by atomic mass is 16.5. The zero-order valence-electron chi connectivity index (χ0n) is 11.5. The molecule has 104 valence electrons. The maximum Gasteiger partial charge on any atom is 0.251 e. The van der Waals surface area contributed by atoms with Gasteiger partial charge in [0.2, 0.25) is 5.88 Å². The lowest BCUT2D eigenvalue weighted by Gasteiger charge is -2.09. The molecular formula is C15H17N3O2. The number of carbonyl (C=O) groups excluding carboxylic acids is 1. The Hall–Kier alpha value is -2.56. The van der Waals surface area contributed by atoms with E-state index in [2.05, 4.69) is 10.3 Å². The molecule has 1 amide bonds. The second-order valence-electron chi connectivity index (χ2n) is 4.46. The minimum absolute atomic E-state index is 0.127. The van der Waals surface area contributed by atoms with Crippen molar-refractivity contribution in [2.45, 2.75) is 13.5 Å². The third-order valence-corrected chi connectivity index (χ3v) is 2.96. The van der Waals surface area contributed by atoms with Crippen LogP contribution in [0.15, 0.2) is 36.5 Å². The summed E-state index contributed by atoms with van der Waals surface area (Å²) in [5, 5.41) is 2.86. The summed E-state index contributed by atoms with van der Waals surface area (Å²) >= 11 is 0. The van der Waals surface area contributed by atoms with E-state index in [1.54, 1.807) is 37.6 Å². The average molecular weight is 271 g/mol. The smallest absolute Gasteiger partial charge is 0.251 e. The molecule has 0 saturated carbocycles. The predicted octanol–water partition coefficient (Wildman–Crippen LogP) is 1.91. The van der Waals surface area contributed by atoms with Crippen LogP contribution in [-0.2, 0) is 6.54 Å². The molecule has 0 unspecified atom stereocenters. The number of pyridine rings is 1. The number of nitrogen functional groups attached to an aromatic ring is 1. The van der Waals surface area contributed by atoms with E-state index in [0.29, 0.717) is 23.7 Å². The first-order chi connectivity index (χ1) is 9.60. The van der Waals surface area contributed by atoms with Crippen LogP contribution < -0.4 is 15.8 Å². The number of hydrogen-bond donors (Lipinski definition) is 2. The van der Waals surface area contributed by atoms with Crippen LogP contribution in [0, 0.1) is 6.92 Å². The molecule has 0 radical (unpaired) electrons. The molecule has 0 aliphatic carbocycles. The average Bonchev–Trinajstić information content (AvgIpc) is 2.45. The van der Waals surface area contributed by atoms with Gasteiger partial charge in [-0.15, -0.1) is 0 Å². The second kappa shape index (κ2) is 6.06. The van der Waals surface area contributed by atoms with Crippen LogP contribution >= 0.6 is 0 Å². The lowest BCUT2D eigenvalue weighted by atomic mass is 10.1. The summed E-state index contributed by atoms with van der Waals surface area (Å²) < 4.78 is 5.04. The molecule has 1 aromatic heterocycles. The Labute approximate surface area is 117 Å². The Kier molecular flexibility index (Phi) is 4.20. The van der Waals surface area contributed by atoms with Gasteiger partial charge in [-0.05, 0) is 42.3 Å². The largest absolute Gasteiger partial charge is 0.481 e. The number of aromatic nitrogens is 1. The van der Waals surface area contributed by atoms with Gasteiger partial charge in [0, 0.05) is 30.1 Å². The van der Waals surface area contributed by atoms with Crippen LogP contribution in [0.5, 0.6) is 5.88 Å². The van der Waals surface area contributed by atoms with Gasteiger partial charge in [0.15, 0.2) is 0 Å². The van der Waals surface area contributed by atoms with Gasteiger partial charge in [-0.25, -0.2) is 4.98 Å². The van der Waals surface area contributed by atoms with Crippen LogP contribution in [0.1, 0.15) is 21.5 Å². The third-order valence-electron chi connectivity index (χ3n) is 2.96. The fourth-order valence-corrected chi connectivity index (χ4v) is 1.89. The minimum Gasteiger partial charge on any atom is -0.481 e. The molecule has 0 saturated heterocycles. The Balaban J connectivity index is 2.04. The third kappa shape index (κ3) is 3.26. The van der Waals surface area contributed by atoms with E-state index >= 15 is 0 Å². The Morgan fingerprint density at radius 2 is 2.15 bits per heavy atom. The van der Waals surface area contributed by atoms with Gasteiger partial charge in [0.05, 0.1) is 7.11 Å². The molecular weight excluding hydrogens is 254 g/mol. The van der Waals surface area contributed by atoms with Crippen molar-refractivity contribution in [1.82, 2.24) is 10.3 Å². The molecule has 1 aromatic carbocycles. The van der Waals surface area contributed by atoms with Gasteiger partial charge in [-0.2, -0.15) is 0 Å². The topological polar surface area (TPSA) is 77.2 Å². The highest BCUT2D eigenvalue weighted by Crippen LogP contribution is 2.13. The number of rotatable bonds is 4. The van der Waals surface area contributed by atoms with E-state index in [1.807, 2.05) is 13.0 Å². The minimum atomic E-state index is -0.127. The van der Waals surface area contributed by atoms with Gasteiger partial charge in [-0.1, -0.05) is 0 Å². The van der Waals surface area contributed by atoms with Crippen molar-refractivity contribution >= 4 is 11.6 Å². The van der Waals surface area contributed by atoms with Gasteiger partial charge in [-0.3, -0.25) is 4.79 Å². The fourth-order valence-electron chi connectivity index (χ4n) is 1.89. The van der Waals surface area contributed by atoms with Gasteiger partial charge >= 0.3 is 0 Å². The standard InChI is InChI=1S/C15H17N3O2/c1-10-7-12(16)3-4-13(10)15(19)18-9-11-5-6-17-14(8-11)20-2/h3-8H,9,16H2,1-2H3,(H,18,19). The Morgan fingerprint density at radius 3 is 2.85 bits per heavy atom. The number of hydrogen-bond acceptors (Lipinski definition) is 4. The molecule has 2 aromatic rings. The molecule has 3 N–H and O–H groups in total. The summed E-state index contributed by atoms with van der Waals surface area (Å²) in [6.45, 7) is 2.28. The SMILES string of the molecule is COc1cc(CNC(=O)c2ccc(N)cc2C)ccn1. The molecule has 0 atom stereocenters. The molecule has 0 aliphatic rings. The molecule has 2 rings (SSSR count). The van der Waals surface area contributed by atoms with Crippen molar-refractivity contribution in [3.8, 4) is 5.88 Å².